The van der Waals surface area contributed by atoms with Crippen molar-refractivity contribution in [3.8, 4) is 0 Å². The van der Waals surface area contributed by atoms with Crippen LogP contribution in [0.25, 0.3) is 0 Å². The summed E-state index contributed by atoms with van der Waals surface area (Å²) in [7, 11) is 0. The van der Waals surface area contributed by atoms with Crippen LogP contribution in [0.2, 0.25) is 5.02 Å². The summed E-state index contributed by atoms with van der Waals surface area (Å²) in [6.45, 7) is 6.67. The van der Waals surface area contributed by atoms with Gasteiger partial charge in [-0.25, -0.2) is 9.37 Å². The van der Waals surface area contributed by atoms with Gasteiger partial charge in [-0.05, 0) is 25.8 Å². The second-order valence-electron chi connectivity index (χ2n) is 6.15. The monoisotopic (exact) mass is 343 g/mol. The van der Waals surface area contributed by atoms with Gasteiger partial charge >= 0.3 is 0 Å². The van der Waals surface area contributed by atoms with E-state index >= 15 is 0 Å². The van der Waals surface area contributed by atoms with Crippen molar-refractivity contribution < 1.29 is 13.9 Å². The fraction of sp³-hybridized carbons (Fsp3) is 0.688. The predicted octanol–water partition coefficient (Wildman–Crippen LogP) is 2.56. The van der Waals surface area contributed by atoms with Crippen molar-refractivity contribution >= 4 is 17.4 Å². The average Bonchev–Trinajstić information content (AvgIpc) is 2.52. The van der Waals surface area contributed by atoms with Gasteiger partial charge in [0.2, 0.25) is 0 Å². The molecule has 0 bridgehead atoms. The Balaban J connectivity index is 1.66. The van der Waals surface area contributed by atoms with E-state index in [-0.39, 0.29) is 17.5 Å². The topological polar surface area (TPSA) is 46.6 Å². The molecular weight excluding hydrogens is 321 g/mol. The van der Waals surface area contributed by atoms with Crippen molar-refractivity contribution in [3.63, 3.8) is 0 Å². The van der Waals surface area contributed by atoms with Crippen LogP contribution >= 0.6 is 11.6 Å². The van der Waals surface area contributed by atoms with E-state index in [0.717, 1.165) is 45.8 Å². The number of aromatic nitrogens is 1. The van der Waals surface area contributed by atoms with Crippen LogP contribution in [0, 0.1) is 5.82 Å². The molecule has 5 nitrogen and oxygen atoms in total. The summed E-state index contributed by atoms with van der Waals surface area (Å²) in [6, 6.07) is 1.28. The summed E-state index contributed by atoms with van der Waals surface area (Å²) >= 11 is 5.75. The molecule has 1 aliphatic carbocycles. The third kappa shape index (κ3) is 3.76. The molecule has 0 radical (unpaired) electrons. The van der Waals surface area contributed by atoms with E-state index in [0.29, 0.717) is 11.6 Å². The smallest absolute Gasteiger partial charge is 0.166 e. The normalized spacial score (nSPS) is 28.4. The largest absolute Gasteiger partial charge is 0.379 e. The first-order chi connectivity index (χ1) is 11.1. The summed E-state index contributed by atoms with van der Waals surface area (Å²) in [5.41, 5.74) is -0.0165. The number of nitrogens with one attached hydrogen (secondary N) is 1. The second-order valence-corrected chi connectivity index (χ2v) is 6.58. The van der Waals surface area contributed by atoms with Gasteiger partial charge in [0, 0.05) is 38.0 Å². The molecule has 1 aromatic rings. The highest BCUT2D eigenvalue weighted by Gasteiger charge is 2.49. The van der Waals surface area contributed by atoms with E-state index < -0.39 is 5.82 Å². The number of hydrogen-bond donors (Lipinski definition) is 1. The van der Waals surface area contributed by atoms with Gasteiger partial charge < -0.3 is 14.8 Å². The molecule has 3 rings (SSSR count). The van der Waals surface area contributed by atoms with E-state index in [1.165, 1.54) is 12.3 Å². The SMILES string of the molecule is CCOC1CC(CNc2ncc(Cl)cc2F)(N2CCOCC2)C1. The zero-order valence-electron chi connectivity index (χ0n) is 13.4. The second kappa shape index (κ2) is 7.30. The lowest BCUT2D eigenvalue weighted by Gasteiger charge is -2.55. The molecule has 1 aliphatic heterocycles. The minimum atomic E-state index is -0.421. The molecule has 23 heavy (non-hydrogen) atoms. The maximum atomic E-state index is 13.9. The molecule has 7 heteroatoms. The summed E-state index contributed by atoms with van der Waals surface area (Å²) in [4.78, 5) is 6.48. The van der Waals surface area contributed by atoms with Crippen molar-refractivity contribution in [2.75, 3.05) is 44.8 Å². The van der Waals surface area contributed by atoms with Gasteiger partial charge in [-0.15, -0.1) is 0 Å². The van der Waals surface area contributed by atoms with E-state index in [9.17, 15) is 4.39 Å². The van der Waals surface area contributed by atoms with Crippen LogP contribution in [0.5, 0.6) is 0 Å². The number of rotatable bonds is 6. The van der Waals surface area contributed by atoms with Gasteiger partial charge in [-0.1, -0.05) is 11.6 Å². The molecule has 2 heterocycles. The molecule has 0 aromatic carbocycles. The zero-order chi connectivity index (χ0) is 16.3. The van der Waals surface area contributed by atoms with Crippen LogP contribution in [-0.4, -0.2) is 61.0 Å². The highest BCUT2D eigenvalue weighted by molar-refractivity contribution is 6.30. The fourth-order valence-corrected chi connectivity index (χ4v) is 3.63. The van der Waals surface area contributed by atoms with Gasteiger partial charge in [-0.3, -0.25) is 4.90 Å². The van der Waals surface area contributed by atoms with Crippen molar-refractivity contribution in [2.45, 2.75) is 31.4 Å². The Labute approximate surface area is 141 Å². The Morgan fingerprint density at radius 3 is 2.87 bits per heavy atom. The van der Waals surface area contributed by atoms with Crippen LogP contribution in [-0.2, 0) is 9.47 Å². The summed E-state index contributed by atoms with van der Waals surface area (Å²) < 4.78 is 25.1. The summed E-state index contributed by atoms with van der Waals surface area (Å²) in [5.74, 6) is -0.169. The first-order valence-electron chi connectivity index (χ1n) is 8.12. The Morgan fingerprint density at radius 1 is 1.48 bits per heavy atom. The third-order valence-electron chi connectivity index (χ3n) is 4.69. The molecule has 2 fully saturated rings. The van der Waals surface area contributed by atoms with Crippen LogP contribution < -0.4 is 5.32 Å². The highest BCUT2D eigenvalue weighted by Crippen LogP contribution is 2.40. The number of morpholine rings is 1. The number of anilines is 1. The van der Waals surface area contributed by atoms with Crippen molar-refractivity contribution in [3.05, 3.63) is 23.1 Å². The lowest BCUT2D eigenvalue weighted by atomic mass is 9.72. The molecule has 1 aromatic heterocycles. The molecule has 1 saturated heterocycles. The minimum Gasteiger partial charge on any atom is -0.379 e. The average molecular weight is 344 g/mol. The Kier molecular flexibility index (Phi) is 5.36. The molecule has 0 spiro atoms. The molecule has 0 unspecified atom stereocenters. The van der Waals surface area contributed by atoms with Gasteiger partial charge in [0.15, 0.2) is 11.6 Å². The lowest BCUT2D eigenvalue weighted by Crippen LogP contribution is -2.65. The van der Waals surface area contributed by atoms with E-state index in [1.807, 2.05) is 6.92 Å². The van der Waals surface area contributed by atoms with Crippen molar-refractivity contribution in [2.24, 2.45) is 0 Å². The molecule has 0 atom stereocenters. The summed E-state index contributed by atoms with van der Waals surface area (Å²) in [5, 5.41) is 3.46. The number of nitrogens with zero attached hydrogens (tertiary/aromatic N) is 2. The maximum absolute atomic E-state index is 13.9. The number of hydrogen-bond acceptors (Lipinski definition) is 5. The number of halogens is 2. The zero-order valence-corrected chi connectivity index (χ0v) is 14.1. The van der Waals surface area contributed by atoms with Gasteiger partial charge in [0.1, 0.15) is 0 Å². The Morgan fingerprint density at radius 2 is 2.22 bits per heavy atom. The van der Waals surface area contributed by atoms with Crippen molar-refractivity contribution in [1.82, 2.24) is 9.88 Å². The molecule has 128 valence electrons. The fourth-order valence-electron chi connectivity index (χ4n) is 3.49. The summed E-state index contributed by atoms with van der Waals surface area (Å²) in [6.07, 6.45) is 3.64. The maximum Gasteiger partial charge on any atom is 0.166 e. The van der Waals surface area contributed by atoms with Gasteiger partial charge in [0.25, 0.3) is 0 Å². The lowest BCUT2D eigenvalue weighted by molar-refractivity contribution is -0.121. The van der Waals surface area contributed by atoms with Crippen LogP contribution in [0.3, 0.4) is 0 Å². The number of ether oxygens (including phenoxy) is 2. The Hall–Kier alpha value is -0.950. The minimum absolute atomic E-state index is 0.0165. The van der Waals surface area contributed by atoms with E-state index in [2.05, 4.69) is 15.2 Å². The van der Waals surface area contributed by atoms with Crippen LogP contribution in [0.1, 0.15) is 19.8 Å². The highest BCUT2D eigenvalue weighted by atomic mass is 35.5. The van der Waals surface area contributed by atoms with Crippen LogP contribution in [0.15, 0.2) is 12.3 Å². The number of pyridine rings is 1. The van der Waals surface area contributed by atoms with E-state index in [4.69, 9.17) is 21.1 Å². The molecule has 1 N–H and O–H groups in total. The predicted molar refractivity (Wildman–Crippen MR) is 87.5 cm³/mol. The third-order valence-corrected chi connectivity index (χ3v) is 4.90. The van der Waals surface area contributed by atoms with Crippen molar-refractivity contribution in [1.29, 1.82) is 0 Å². The Bertz CT molecular complexity index is 534. The molecular formula is C16H23ClFN3O2. The molecule has 0 amide bonds. The quantitative estimate of drug-likeness (QED) is 0.860. The first-order valence-corrected chi connectivity index (χ1v) is 8.50. The van der Waals surface area contributed by atoms with E-state index in [1.54, 1.807) is 0 Å². The van der Waals surface area contributed by atoms with Crippen LogP contribution in [0.4, 0.5) is 10.2 Å². The standard InChI is InChI=1S/C16H23ClFN3O2/c1-2-23-13-8-16(9-13,21-3-5-22-6-4-21)11-20-15-14(18)7-12(17)10-19-15/h7,10,13H,2-6,8-9,11H2,1H3,(H,19,20). The molecule has 1 saturated carbocycles. The van der Waals surface area contributed by atoms with Gasteiger partial charge in [0.05, 0.1) is 24.3 Å². The molecule has 2 aliphatic rings. The first kappa shape index (κ1) is 16.9. The van der Waals surface area contributed by atoms with Gasteiger partial charge in [-0.2, -0.15) is 0 Å².